The van der Waals surface area contributed by atoms with Crippen LogP contribution in [0.4, 0.5) is 0 Å². The number of ether oxygens (including phenoxy) is 1. The van der Waals surface area contributed by atoms with Gasteiger partial charge in [0.05, 0.1) is 0 Å². The predicted octanol–water partition coefficient (Wildman–Crippen LogP) is 3.19. The van der Waals surface area contributed by atoms with Crippen LogP contribution in [0.5, 0.6) is 0 Å². The Morgan fingerprint density at radius 1 is 0.966 bits per heavy atom. The van der Waals surface area contributed by atoms with Crippen molar-refractivity contribution in [2.75, 3.05) is 19.6 Å². The third kappa shape index (κ3) is 5.91. The number of hydrogen-bond donors (Lipinski definition) is 1. The average Bonchev–Trinajstić information content (AvgIpc) is 2.73. The van der Waals surface area contributed by atoms with Crippen molar-refractivity contribution >= 4 is 17.8 Å². The lowest BCUT2D eigenvalue weighted by molar-refractivity contribution is -0.160. The molecule has 0 unspecified atom stereocenters. The van der Waals surface area contributed by atoms with Crippen molar-refractivity contribution in [1.82, 2.24) is 10.2 Å². The van der Waals surface area contributed by atoms with Crippen LogP contribution in [0.2, 0.25) is 0 Å². The molecule has 2 aromatic rings. The molecule has 2 aromatic carbocycles. The number of nitrogens with zero attached hydrogens (tertiary/aromatic N) is 1. The highest BCUT2D eigenvalue weighted by molar-refractivity contribution is 5.96. The van der Waals surface area contributed by atoms with E-state index in [1.54, 1.807) is 41.3 Å². The summed E-state index contributed by atoms with van der Waals surface area (Å²) in [5.41, 5.74) is 3.15. The molecule has 1 N–H and O–H groups in total. The molecule has 2 amide bonds. The number of benzene rings is 2. The zero-order chi connectivity index (χ0) is 21.4. The summed E-state index contributed by atoms with van der Waals surface area (Å²) in [5, 5.41) is 2.56. The van der Waals surface area contributed by atoms with Crippen molar-refractivity contribution in [3.05, 3.63) is 70.8 Å². The molecular weight excluding hydrogens is 368 g/mol. The van der Waals surface area contributed by atoms with Crippen LogP contribution in [-0.2, 0) is 14.3 Å². The summed E-state index contributed by atoms with van der Waals surface area (Å²) in [7, 11) is 0. The molecule has 0 spiro atoms. The lowest BCUT2D eigenvalue weighted by Gasteiger charge is -2.25. The molecule has 0 heterocycles. The molecule has 1 atom stereocenters. The molecule has 0 radical (unpaired) electrons. The second kappa shape index (κ2) is 10.4. The van der Waals surface area contributed by atoms with Gasteiger partial charge in [0.2, 0.25) is 6.10 Å². The molecule has 0 aliphatic rings. The number of carbonyl (C=O) groups excluding carboxylic acids is 3. The topological polar surface area (TPSA) is 75.7 Å². The van der Waals surface area contributed by atoms with Gasteiger partial charge in [-0.2, -0.15) is 0 Å². The molecule has 0 bridgehead atoms. The minimum atomic E-state index is -1.04. The highest BCUT2D eigenvalue weighted by atomic mass is 16.5. The Morgan fingerprint density at radius 3 is 2.21 bits per heavy atom. The summed E-state index contributed by atoms with van der Waals surface area (Å²) in [6.07, 6.45) is -1.04. The SMILES string of the molecule is CCN(CC)C(=O)[C@@H](OC(=O)CNC(=O)c1ccc(C)c(C)c1)c1ccccc1. The molecule has 0 fully saturated rings. The van der Waals surface area contributed by atoms with Gasteiger partial charge in [-0.25, -0.2) is 0 Å². The van der Waals surface area contributed by atoms with Crippen LogP contribution in [0.3, 0.4) is 0 Å². The van der Waals surface area contributed by atoms with Crippen LogP contribution in [0.1, 0.15) is 47.0 Å². The first kappa shape index (κ1) is 22.1. The van der Waals surface area contributed by atoms with Gasteiger partial charge in [-0.15, -0.1) is 0 Å². The van der Waals surface area contributed by atoms with E-state index in [2.05, 4.69) is 5.32 Å². The maximum absolute atomic E-state index is 12.8. The van der Waals surface area contributed by atoms with E-state index in [-0.39, 0.29) is 18.4 Å². The summed E-state index contributed by atoms with van der Waals surface area (Å²) in [5.74, 6) is -1.32. The number of aryl methyl sites for hydroxylation is 2. The fourth-order valence-electron chi connectivity index (χ4n) is 2.90. The van der Waals surface area contributed by atoms with Gasteiger partial charge in [-0.05, 0) is 51.0 Å². The second-order valence-corrected chi connectivity index (χ2v) is 6.77. The van der Waals surface area contributed by atoms with Gasteiger partial charge in [-0.3, -0.25) is 14.4 Å². The first-order valence-corrected chi connectivity index (χ1v) is 9.76. The van der Waals surface area contributed by atoms with E-state index in [9.17, 15) is 14.4 Å². The summed E-state index contributed by atoms with van der Waals surface area (Å²) in [6, 6.07) is 14.2. The zero-order valence-corrected chi connectivity index (χ0v) is 17.4. The van der Waals surface area contributed by atoms with E-state index in [1.807, 2.05) is 39.8 Å². The van der Waals surface area contributed by atoms with Gasteiger partial charge in [-0.1, -0.05) is 36.4 Å². The van der Waals surface area contributed by atoms with Crippen LogP contribution >= 0.6 is 0 Å². The van der Waals surface area contributed by atoms with Crippen LogP contribution in [0, 0.1) is 13.8 Å². The average molecular weight is 396 g/mol. The molecule has 6 nitrogen and oxygen atoms in total. The third-order valence-corrected chi connectivity index (χ3v) is 4.81. The molecule has 6 heteroatoms. The Morgan fingerprint density at radius 2 is 1.62 bits per heavy atom. The number of amides is 2. The van der Waals surface area contributed by atoms with Crippen molar-refractivity contribution in [3.8, 4) is 0 Å². The van der Waals surface area contributed by atoms with Crippen LogP contribution < -0.4 is 5.32 Å². The van der Waals surface area contributed by atoms with E-state index >= 15 is 0 Å². The number of nitrogens with one attached hydrogen (secondary N) is 1. The highest BCUT2D eigenvalue weighted by Crippen LogP contribution is 2.20. The summed E-state index contributed by atoms with van der Waals surface area (Å²) >= 11 is 0. The smallest absolute Gasteiger partial charge is 0.326 e. The molecule has 154 valence electrons. The first-order valence-electron chi connectivity index (χ1n) is 9.76. The quantitative estimate of drug-likeness (QED) is 0.696. The molecular formula is C23H28N2O4. The Balaban J connectivity index is 2.06. The molecule has 0 aliphatic carbocycles. The summed E-state index contributed by atoms with van der Waals surface area (Å²) < 4.78 is 5.47. The number of carbonyl (C=O) groups is 3. The van der Waals surface area contributed by atoms with Crippen molar-refractivity contribution in [3.63, 3.8) is 0 Å². The maximum Gasteiger partial charge on any atom is 0.326 e. The number of esters is 1. The monoisotopic (exact) mass is 396 g/mol. The molecule has 0 saturated heterocycles. The van der Waals surface area contributed by atoms with E-state index in [4.69, 9.17) is 4.74 Å². The molecule has 0 aliphatic heterocycles. The summed E-state index contributed by atoms with van der Waals surface area (Å²) in [4.78, 5) is 39.1. The molecule has 0 saturated carbocycles. The predicted molar refractivity (Wildman–Crippen MR) is 111 cm³/mol. The van der Waals surface area contributed by atoms with Crippen molar-refractivity contribution in [2.45, 2.75) is 33.8 Å². The second-order valence-electron chi connectivity index (χ2n) is 6.77. The minimum Gasteiger partial charge on any atom is -0.446 e. The lowest BCUT2D eigenvalue weighted by Crippen LogP contribution is -2.38. The fraction of sp³-hybridized carbons (Fsp3) is 0.348. The van der Waals surface area contributed by atoms with Gasteiger partial charge >= 0.3 is 5.97 Å². The molecule has 2 rings (SSSR count). The largest absolute Gasteiger partial charge is 0.446 e. The number of rotatable bonds is 8. The molecule has 0 aromatic heterocycles. The highest BCUT2D eigenvalue weighted by Gasteiger charge is 2.28. The van der Waals surface area contributed by atoms with Crippen LogP contribution in [0.25, 0.3) is 0 Å². The van der Waals surface area contributed by atoms with Crippen molar-refractivity contribution in [2.24, 2.45) is 0 Å². The normalized spacial score (nSPS) is 11.4. The van der Waals surface area contributed by atoms with Gasteiger partial charge in [0.1, 0.15) is 6.54 Å². The van der Waals surface area contributed by atoms with E-state index < -0.39 is 12.1 Å². The Bertz CT molecular complexity index is 860. The third-order valence-electron chi connectivity index (χ3n) is 4.81. The Labute approximate surface area is 171 Å². The van der Waals surface area contributed by atoms with Crippen LogP contribution in [0.15, 0.2) is 48.5 Å². The number of hydrogen-bond acceptors (Lipinski definition) is 4. The number of likely N-dealkylation sites (N-methyl/N-ethyl adjacent to an activating group) is 1. The van der Waals surface area contributed by atoms with Gasteiger partial charge < -0.3 is 15.0 Å². The Hall–Kier alpha value is -3.15. The fourth-order valence-corrected chi connectivity index (χ4v) is 2.90. The van der Waals surface area contributed by atoms with Gasteiger partial charge in [0.25, 0.3) is 11.8 Å². The van der Waals surface area contributed by atoms with E-state index in [1.165, 1.54) is 0 Å². The van der Waals surface area contributed by atoms with Gasteiger partial charge in [0.15, 0.2) is 0 Å². The standard InChI is InChI=1S/C23H28N2O4/c1-5-25(6-2)23(28)21(18-10-8-7-9-11-18)29-20(26)15-24-22(27)19-13-12-16(3)17(4)14-19/h7-14,21H,5-6,15H2,1-4H3,(H,24,27)/t21-/m0/s1. The molecule has 29 heavy (non-hydrogen) atoms. The Kier molecular flexibility index (Phi) is 7.95. The van der Waals surface area contributed by atoms with Crippen molar-refractivity contribution < 1.29 is 19.1 Å². The maximum atomic E-state index is 12.8. The minimum absolute atomic E-state index is 0.282. The lowest BCUT2D eigenvalue weighted by atomic mass is 10.1. The zero-order valence-electron chi connectivity index (χ0n) is 17.4. The summed E-state index contributed by atoms with van der Waals surface area (Å²) in [6.45, 7) is 8.33. The van der Waals surface area contributed by atoms with E-state index in [0.29, 0.717) is 24.2 Å². The van der Waals surface area contributed by atoms with Crippen molar-refractivity contribution in [1.29, 1.82) is 0 Å². The van der Waals surface area contributed by atoms with Gasteiger partial charge in [0, 0.05) is 24.2 Å². The van der Waals surface area contributed by atoms with Crippen LogP contribution in [-0.4, -0.2) is 42.3 Å². The van der Waals surface area contributed by atoms with E-state index in [0.717, 1.165) is 11.1 Å². The first-order chi connectivity index (χ1) is 13.9.